The molecule has 21 heavy (non-hydrogen) atoms. The molecule has 3 heteroatoms. The number of benzene rings is 1. The summed E-state index contributed by atoms with van der Waals surface area (Å²) in [7, 11) is 2.01. The number of amides is 1. The van der Waals surface area contributed by atoms with Crippen molar-refractivity contribution in [3.63, 3.8) is 0 Å². The zero-order valence-corrected chi connectivity index (χ0v) is 13.3. The quantitative estimate of drug-likeness (QED) is 0.823. The third-order valence-electron chi connectivity index (χ3n) is 3.88. The molecule has 0 aliphatic carbocycles. The summed E-state index contributed by atoms with van der Waals surface area (Å²) in [4.78, 5) is 14.7. The van der Waals surface area contributed by atoms with Crippen molar-refractivity contribution in [2.75, 3.05) is 0 Å². The molecule has 0 saturated heterocycles. The lowest BCUT2D eigenvalue weighted by molar-refractivity contribution is 0.0686. The normalized spacial score (nSPS) is 10.9. The summed E-state index contributed by atoms with van der Waals surface area (Å²) in [5.74, 6) is 0.0915. The van der Waals surface area contributed by atoms with Gasteiger partial charge in [-0.25, -0.2) is 0 Å². The molecule has 3 nitrogen and oxygen atoms in total. The van der Waals surface area contributed by atoms with E-state index in [9.17, 15) is 4.79 Å². The van der Waals surface area contributed by atoms with Gasteiger partial charge in [0.05, 0.1) is 6.54 Å². The van der Waals surface area contributed by atoms with Gasteiger partial charge in [0.15, 0.2) is 0 Å². The Morgan fingerprint density at radius 2 is 1.86 bits per heavy atom. The lowest BCUT2D eigenvalue weighted by Gasteiger charge is -2.27. The van der Waals surface area contributed by atoms with Crippen molar-refractivity contribution in [3.05, 3.63) is 59.4 Å². The van der Waals surface area contributed by atoms with E-state index in [1.165, 1.54) is 5.56 Å². The van der Waals surface area contributed by atoms with E-state index < -0.39 is 0 Å². The maximum Gasteiger partial charge on any atom is 0.254 e. The average Bonchev–Trinajstić information content (AvgIpc) is 2.89. The Kier molecular flexibility index (Phi) is 4.84. The SMILES string of the molecule is CCc1ccc(C(=O)N(Cc2cccn2C)C(C)C)cc1. The molecule has 112 valence electrons. The highest BCUT2D eigenvalue weighted by atomic mass is 16.2. The van der Waals surface area contributed by atoms with Gasteiger partial charge in [-0.3, -0.25) is 4.79 Å². The maximum atomic E-state index is 12.7. The summed E-state index contributed by atoms with van der Waals surface area (Å²) in [6, 6.07) is 12.2. The third-order valence-corrected chi connectivity index (χ3v) is 3.88. The van der Waals surface area contributed by atoms with Gasteiger partial charge in [-0.1, -0.05) is 19.1 Å². The molecule has 0 aliphatic rings. The van der Waals surface area contributed by atoms with E-state index in [0.717, 1.165) is 17.7 Å². The van der Waals surface area contributed by atoms with Gasteiger partial charge < -0.3 is 9.47 Å². The number of nitrogens with zero attached hydrogens (tertiary/aromatic N) is 2. The van der Waals surface area contributed by atoms with Gasteiger partial charge in [-0.05, 0) is 50.1 Å². The molecule has 2 aromatic rings. The van der Waals surface area contributed by atoms with Crippen LogP contribution in [0, 0.1) is 0 Å². The van der Waals surface area contributed by atoms with Crippen LogP contribution in [0.2, 0.25) is 0 Å². The molecule has 0 bridgehead atoms. The fourth-order valence-electron chi connectivity index (χ4n) is 2.37. The van der Waals surface area contributed by atoms with Gasteiger partial charge in [-0.15, -0.1) is 0 Å². The van der Waals surface area contributed by atoms with E-state index in [1.54, 1.807) is 0 Å². The molecule has 1 aromatic heterocycles. The summed E-state index contributed by atoms with van der Waals surface area (Å²) in [6.45, 7) is 6.87. The lowest BCUT2D eigenvalue weighted by atomic mass is 10.1. The minimum absolute atomic E-state index is 0.0915. The first-order valence-electron chi connectivity index (χ1n) is 7.53. The van der Waals surface area contributed by atoms with Crippen molar-refractivity contribution < 1.29 is 4.79 Å². The molecule has 1 amide bonds. The van der Waals surface area contributed by atoms with Crippen LogP contribution in [0.25, 0.3) is 0 Å². The van der Waals surface area contributed by atoms with Crippen LogP contribution >= 0.6 is 0 Å². The smallest absolute Gasteiger partial charge is 0.254 e. The number of carbonyl (C=O) groups is 1. The zero-order chi connectivity index (χ0) is 15.4. The Balaban J connectivity index is 2.20. The van der Waals surface area contributed by atoms with Crippen LogP contribution in [-0.2, 0) is 20.0 Å². The first-order valence-corrected chi connectivity index (χ1v) is 7.53. The fourth-order valence-corrected chi connectivity index (χ4v) is 2.37. The maximum absolute atomic E-state index is 12.7. The number of hydrogen-bond donors (Lipinski definition) is 0. The van der Waals surface area contributed by atoms with Crippen LogP contribution in [0.3, 0.4) is 0 Å². The van der Waals surface area contributed by atoms with E-state index in [0.29, 0.717) is 6.54 Å². The number of rotatable bonds is 5. The molecule has 0 saturated carbocycles. The molecular weight excluding hydrogens is 260 g/mol. The molecule has 0 N–H and O–H groups in total. The fraction of sp³-hybridized carbons (Fsp3) is 0.389. The second-order valence-corrected chi connectivity index (χ2v) is 5.69. The van der Waals surface area contributed by atoms with Crippen molar-refractivity contribution in [1.29, 1.82) is 0 Å². The van der Waals surface area contributed by atoms with Crippen LogP contribution in [0.4, 0.5) is 0 Å². The minimum atomic E-state index is 0.0915. The van der Waals surface area contributed by atoms with Crippen LogP contribution < -0.4 is 0 Å². The Bertz CT molecular complexity index is 596. The van der Waals surface area contributed by atoms with Crippen LogP contribution in [-0.4, -0.2) is 21.4 Å². The van der Waals surface area contributed by atoms with Gasteiger partial charge in [0.25, 0.3) is 5.91 Å². The van der Waals surface area contributed by atoms with Crippen molar-refractivity contribution in [2.45, 2.75) is 39.8 Å². The molecule has 2 rings (SSSR count). The number of aromatic nitrogens is 1. The predicted octanol–water partition coefficient (Wildman–Crippen LogP) is 3.64. The van der Waals surface area contributed by atoms with Crippen LogP contribution in [0.1, 0.15) is 42.4 Å². The highest BCUT2D eigenvalue weighted by Crippen LogP contribution is 2.14. The van der Waals surface area contributed by atoms with Crippen molar-refractivity contribution >= 4 is 5.91 Å². The minimum Gasteiger partial charge on any atom is -0.353 e. The first-order chi connectivity index (χ1) is 10.0. The number of aryl methyl sites for hydroxylation is 2. The van der Waals surface area contributed by atoms with E-state index in [1.807, 2.05) is 48.5 Å². The van der Waals surface area contributed by atoms with Crippen LogP contribution in [0.15, 0.2) is 42.6 Å². The highest BCUT2D eigenvalue weighted by Gasteiger charge is 2.19. The number of carbonyl (C=O) groups excluding carboxylic acids is 1. The Labute approximate surface area is 127 Å². The van der Waals surface area contributed by atoms with Crippen LogP contribution in [0.5, 0.6) is 0 Å². The van der Waals surface area contributed by atoms with Crippen molar-refractivity contribution in [3.8, 4) is 0 Å². The van der Waals surface area contributed by atoms with E-state index in [4.69, 9.17) is 0 Å². The van der Waals surface area contributed by atoms with E-state index >= 15 is 0 Å². The molecular formula is C18H24N2O. The summed E-state index contributed by atoms with van der Waals surface area (Å²) >= 11 is 0. The Hall–Kier alpha value is -2.03. The Morgan fingerprint density at radius 3 is 2.33 bits per heavy atom. The average molecular weight is 284 g/mol. The molecule has 1 heterocycles. The molecule has 1 aromatic carbocycles. The molecule has 0 radical (unpaired) electrons. The summed E-state index contributed by atoms with van der Waals surface area (Å²) in [5.41, 5.74) is 3.16. The number of hydrogen-bond acceptors (Lipinski definition) is 1. The first kappa shape index (κ1) is 15.4. The van der Waals surface area contributed by atoms with Gasteiger partial charge in [-0.2, -0.15) is 0 Å². The monoisotopic (exact) mass is 284 g/mol. The van der Waals surface area contributed by atoms with Gasteiger partial charge in [0, 0.05) is 30.5 Å². The third kappa shape index (κ3) is 3.54. The topological polar surface area (TPSA) is 25.2 Å². The summed E-state index contributed by atoms with van der Waals surface area (Å²) in [5, 5.41) is 0. The predicted molar refractivity (Wildman–Crippen MR) is 86.2 cm³/mol. The second-order valence-electron chi connectivity index (χ2n) is 5.69. The molecule has 0 aliphatic heterocycles. The molecule has 0 atom stereocenters. The van der Waals surface area contributed by atoms with Gasteiger partial charge in [0.2, 0.25) is 0 Å². The molecule has 0 unspecified atom stereocenters. The Morgan fingerprint density at radius 1 is 1.19 bits per heavy atom. The van der Waals surface area contributed by atoms with E-state index in [2.05, 4.69) is 31.4 Å². The molecule has 0 spiro atoms. The standard InChI is InChI=1S/C18H24N2O/c1-5-15-8-10-16(11-9-15)18(21)20(14(2)3)13-17-7-6-12-19(17)4/h6-12,14H,5,13H2,1-4H3. The zero-order valence-electron chi connectivity index (χ0n) is 13.3. The highest BCUT2D eigenvalue weighted by molar-refractivity contribution is 5.94. The van der Waals surface area contributed by atoms with E-state index in [-0.39, 0.29) is 11.9 Å². The lowest BCUT2D eigenvalue weighted by Crippen LogP contribution is -2.36. The van der Waals surface area contributed by atoms with Gasteiger partial charge >= 0.3 is 0 Å². The summed E-state index contributed by atoms with van der Waals surface area (Å²) in [6.07, 6.45) is 3.00. The van der Waals surface area contributed by atoms with Crippen molar-refractivity contribution in [2.24, 2.45) is 7.05 Å². The largest absolute Gasteiger partial charge is 0.353 e. The molecule has 0 fully saturated rings. The summed E-state index contributed by atoms with van der Waals surface area (Å²) < 4.78 is 2.06. The van der Waals surface area contributed by atoms with Gasteiger partial charge in [0.1, 0.15) is 0 Å². The second kappa shape index (κ2) is 6.61. The van der Waals surface area contributed by atoms with Crippen molar-refractivity contribution in [1.82, 2.24) is 9.47 Å².